The van der Waals surface area contributed by atoms with E-state index >= 15 is 0 Å². The number of nitro benzene ring substituents is 1. The van der Waals surface area contributed by atoms with E-state index in [-0.39, 0.29) is 17.2 Å². The minimum atomic E-state index is -0.507. The van der Waals surface area contributed by atoms with E-state index in [4.69, 9.17) is 16.0 Å². The van der Waals surface area contributed by atoms with Gasteiger partial charge in [0, 0.05) is 22.7 Å². The smallest absolute Gasteiger partial charge is 0.269 e. The molecule has 1 aromatic heterocycles. The Hall–Kier alpha value is -2.38. The fourth-order valence-corrected chi connectivity index (χ4v) is 2.82. The predicted octanol–water partition coefficient (Wildman–Crippen LogP) is 4.36. The Morgan fingerprint density at radius 3 is 2.70 bits per heavy atom. The van der Waals surface area contributed by atoms with Crippen LogP contribution in [0.1, 0.15) is 10.4 Å². The first-order chi connectivity index (χ1) is 11.0. The topological polar surface area (TPSA) is 86.2 Å². The van der Waals surface area contributed by atoms with Crippen LogP contribution in [0.15, 0.2) is 52.1 Å². The minimum Gasteiger partial charge on any atom is -0.431 e. The summed E-state index contributed by atoms with van der Waals surface area (Å²) in [5, 5.41) is 11.5. The first-order valence-electron chi connectivity index (χ1n) is 6.49. The number of oxazole rings is 1. The number of carbonyl (C=O) groups excluding carboxylic acids is 1. The molecule has 0 saturated carbocycles. The molecule has 0 spiro atoms. The number of benzene rings is 2. The molecule has 116 valence electrons. The van der Waals surface area contributed by atoms with Gasteiger partial charge in [-0.1, -0.05) is 23.4 Å². The highest BCUT2D eigenvalue weighted by Crippen LogP contribution is 2.26. The number of hydrogen-bond donors (Lipinski definition) is 0. The Labute approximate surface area is 139 Å². The van der Waals surface area contributed by atoms with Crippen LogP contribution in [0, 0.1) is 10.1 Å². The lowest BCUT2D eigenvalue weighted by atomic mass is 10.1. The van der Waals surface area contributed by atoms with Gasteiger partial charge in [-0.05, 0) is 30.3 Å². The van der Waals surface area contributed by atoms with Crippen LogP contribution >= 0.6 is 23.4 Å². The second-order valence-corrected chi connectivity index (χ2v) is 5.97. The molecule has 0 aliphatic rings. The van der Waals surface area contributed by atoms with Crippen molar-refractivity contribution < 1.29 is 14.1 Å². The fraction of sp³-hybridized carbons (Fsp3) is 0.0667. The molecule has 3 aromatic rings. The summed E-state index contributed by atoms with van der Waals surface area (Å²) >= 11 is 7.04. The molecule has 0 atom stereocenters. The number of fused-ring (bicyclic) bond motifs is 1. The molecule has 2 aromatic carbocycles. The third kappa shape index (κ3) is 3.52. The van der Waals surface area contributed by atoms with Gasteiger partial charge in [0.15, 0.2) is 11.4 Å². The molecule has 0 bridgehead atoms. The summed E-state index contributed by atoms with van der Waals surface area (Å²) in [7, 11) is 0. The van der Waals surface area contributed by atoms with Gasteiger partial charge in [-0.2, -0.15) is 0 Å². The number of thioether (sulfide) groups is 1. The molecule has 3 rings (SSSR count). The van der Waals surface area contributed by atoms with Crippen molar-refractivity contribution in [3.05, 3.63) is 63.2 Å². The first-order valence-corrected chi connectivity index (χ1v) is 7.86. The van der Waals surface area contributed by atoms with Crippen molar-refractivity contribution in [2.24, 2.45) is 0 Å². The van der Waals surface area contributed by atoms with Crippen molar-refractivity contribution in [2.75, 3.05) is 5.75 Å². The van der Waals surface area contributed by atoms with Crippen molar-refractivity contribution in [3.8, 4) is 0 Å². The predicted molar refractivity (Wildman–Crippen MR) is 87.2 cm³/mol. The van der Waals surface area contributed by atoms with Gasteiger partial charge in [0.1, 0.15) is 5.52 Å². The number of nitro groups is 1. The number of aromatic nitrogens is 1. The Morgan fingerprint density at radius 2 is 2.00 bits per heavy atom. The molecule has 0 N–H and O–H groups in total. The molecule has 0 aliphatic heterocycles. The monoisotopic (exact) mass is 348 g/mol. The number of halogens is 1. The summed E-state index contributed by atoms with van der Waals surface area (Å²) in [5.74, 6) is -0.0385. The molecule has 0 amide bonds. The molecule has 8 heteroatoms. The summed E-state index contributed by atoms with van der Waals surface area (Å²) in [6.07, 6.45) is 0. The SMILES string of the molecule is O=C(CSc1nc2cc(Cl)ccc2o1)c1ccc([N+](=O)[O-])cc1. The van der Waals surface area contributed by atoms with Crippen LogP contribution in [0.4, 0.5) is 5.69 Å². The second-order valence-electron chi connectivity index (χ2n) is 4.61. The number of hydrogen-bond acceptors (Lipinski definition) is 6. The number of Topliss-reactive ketones (excluding diaryl/α,β-unsaturated/α-hetero) is 1. The highest BCUT2D eigenvalue weighted by Gasteiger charge is 2.13. The first kappa shape index (κ1) is 15.5. The van der Waals surface area contributed by atoms with Gasteiger partial charge >= 0.3 is 0 Å². The average molecular weight is 349 g/mol. The van der Waals surface area contributed by atoms with Crippen molar-refractivity contribution in [3.63, 3.8) is 0 Å². The quantitative estimate of drug-likeness (QED) is 0.294. The minimum absolute atomic E-state index is 0.0509. The zero-order valence-electron chi connectivity index (χ0n) is 11.6. The summed E-state index contributed by atoms with van der Waals surface area (Å²) in [5.41, 5.74) is 1.58. The highest BCUT2D eigenvalue weighted by molar-refractivity contribution is 7.99. The van der Waals surface area contributed by atoms with Crippen molar-refractivity contribution in [1.29, 1.82) is 0 Å². The van der Waals surface area contributed by atoms with E-state index < -0.39 is 4.92 Å². The summed E-state index contributed by atoms with van der Waals surface area (Å²) in [6, 6.07) is 10.6. The maximum atomic E-state index is 12.1. The Morgan fingerprint density at radius 1 is 1.26 bits per heavy atom. The van der Waals surface area contributed by atoms with Gasteiger partial charge in [0.05, 0.1) is 10.7 Å². The molecule has 6 nitrogen and oxygen atoms in total. The van der Waals surface area contributed by atoms with Crippen LogP contribution in [-0.4, -0.2) is 21.4 Å². The Kier molecular flexibility index (Phi) is 4.31. The highest BCUT2D eigenvalue weighted by atomic mass is 35.5. The van der Waals surface area contributed by atoms with Crippen molar-refractivity contribution in [1.82, 2.24) is 4.98 Å². The van der Waals surface area contributed by atoms with E-state index in [9.17, 15) is 14.9 Å². The lowest BCUT2D eigenvalue weighted by Crippen LogP contribution is -2.02. The van der Waals surface area contributed by atoms with E-state index in [0.29, 0.717) is 26.9 Å². The Balaban J connectivity index is 1.68. The number of rotatable bonds is 5. The van der Waals surface area contributed by atoms with E-state index in [1.165, 1.54) is 24.3 Å². The third-order valence-electron chi connectivity index (χ3n) is 3.06. The van der Waals surface area contributed by atoms with Crippen LogP contribution in [0.25, 0.3) is 11.1 Å². The van der Waals surface area contributed by atoms with Crippen LogP contribution in [0.2, 0.25) is 5.02 Å². The number of ketones is 1. The normalized spacial score (nSPS) is 10.8. The molecule has 0 unspecified atom stereocenters. The van der Waals surface area contributed by atoms with E-state index in [1.54, 1.807) is 18.2 Å². The molecular weight excluding hydrogens is 340 g/mol. The molecule has 23 heavy (non-hydrogen) atoms. The van der Waals surface area contributed by atoms with Crippen molar-refractivity contribution in [2.45, 2.75) is 5.22 Å². The lowest BCUT2D eigenvalue weighted by molar-refractivity contribution is -0.384. The van der Waals surface area contributed by atoms with Gasteiger partial charge in [-0.15, -0.1) is 0 Å². The van der Waals surface area contributed by atoms with Gasteiger partial charge in [-0.3, -0.25) is 14.9 Å². The molecular formula is C15H9ClN2O4S. The summed E-state index contributed by atoms with van der Waals surface area (Å²) in [4.78, 5) is 26.4. The third-order valence-corrected chi connectivity index (χ3v) is 4.12. The van der Waals surface area contributed by atoms with Crippen LogP contribution < -0.4 is 0 Å². The maximum Gasteiger partial charge on any atom is 0.269 e. The Bertz CT molecular complexity index is 892. The fourth-order valence-electron chi connectivity index (χ4n) is 1.92. The molecule has 0 radical (unpaired) electrons. The molecule has 0 fully saturated rings. The number of non-ortho nitro benzene ring substituents is 1. The maximum absolute atomic E-state index is 12.1. The summed E-state index contributed by atoms with van der Waals surface area (Å²) < 4.78 is 5.51. The van der Waals surface area contributed by atoms with Gasteiger partial charge in [-0.25, -0.2) is 4.98 Å². The average Bonchev–Trinajstić information content (AvgIpc) is 2.94. The largest absolute Gasteiger partial charge is 0.431 e. The number of carbonyl (C=O) groups is 1. The van der Waals surface area contributed by atoms with Gasteiger partial charge in [0.2, 0.25) is 0 Å². The molecule has 0 saturated heterocycles. The second kappa shape index (κ2) is 6.39. The van der Waals surface area contributed by atoms with Gasteiger partial charge in [0.25, 0.3) is 10.9 Å². The van der Waals surface area contributed by atoms with E-state index in [1.807, 2.05) is 0 Å². The van der Waals surface area contributed by atoms with Gasteiger partial charge < -0.3 is 4.42 Å². The lowest BCUT2D eigenvalue weighted by Gasteiger charge is -1.98. The number of nitrogens with zero attached hydrogens (tertiary/aromatic N) is 2. The van der Waals surface area contributed by atoms with Crippen LogP contribution in [-0.2, 0) is 0 Å². The van der Waals surface area contributed by atoms with E-state index in [2.05, 4.69) is 4.98 Å². The zero-order chi connectivity index (χ0) is 16.4. The zero-order valence-corrected chi connectivity index (χ0v) is 13.1. The van der Waals surface area contributed by atoms with Crippen LogP contribution in [0.5, 0.6) is 0 Å². The van der Waals surface area contributed by atoms with Crippen molar-refractivity contribution >= 4 is 45.9 Å². The van der Waals surface area contributed by atoms with E-state index in [0.717, 1.165) is 11.8 Å². The molecule has 0 aliphatic carbocycles. The summed E-state index contributed by atoms with van der Waals surface area (Å²) in [6.45, 7) is 0. The standard InChI is InChI=1S/C15H9ClN2O4S/c16-10-3-6-14-12(7-10)17-15(22-14)23-8-13(19)9-1-4-11(5-2-9)18(20)21/h1-7H,8H2. The molecule has 1 heterocycles. The van der Waals surface area contributed by atoms with Crippen LogP contribution in [0.3, 0.4) is 0 Å².